The van der Waals surface area contributed by atoms with E-state index < -0.39 is 10.0 Å². The van der Waals surface area contributed by atoms with E-state index in [9.17, 15) is 13.2 Å². The molecule has 10 heteroatoms. The number of nitrogens with one attached hydrogen (secondary N) is 1. The van der Waals surface area contributed by atoms with E-state index in [0.29, 0.717) is 41.8 Å². The molecule has 1 saturated heterocycles. The van der Waals surface area contributed by atoms with Crippen LogP contribution in [0.25, 0.3) is 11.0 Å². The van der Waals surface area contributed by atoms with Gasteiger partial charge >= 0.3 is 0 Å². The number of ether oxygens (including phenoxy) is 1. The molecule has 8 nitrogen and oxygen atoms in total. The molecule has 31 heavy (non-hydrogen) atoms. The smallest absolute Gasteiger partial charge is 0.264 e. The number of benzene rings is 1. The van der Waals surface area contributed by atoms with Crippen molar-refractivity contribution in [2.45, 2.75) is 24.3 Å². The number of amides is 1. The molecule has 4 rings (SSSR count). The molecule has 1 aliphatic heterocycles. The average Bonchev–Trinajstić information content (AvgIpc) is 2.93. The van der Waals surface area contributed by atoms with Crippen molar-refractivity contribution >= 4 is 42.9 Å². The van der Waals surface area contributed by atoms with Crippen molar-refractivity contribution in [3.8, 4) is 0 Å². The topological polar surface area (TPSA) is 101 Å². The largest absolute Gasteiger partial charge is 0.377 e. The zero-order valence-electron chi connectivity index (χ0n) is 16.8. The molecule has 1 aliphatic carbocycles. The number of rotatable bonds is 4. The summed E-state index contributed by atoms with van der Waals surface area (Å²) in [4.78, 5) is 23.4. The van der Waals surface area contributed by atoms with E-state index in [0.717, 1.165) is 0 Å². The van der Waals surface area contributed by atoms with Crippen LogP contribution in [0.3, 0.4) is 0 Å². The van der Waals surface area contributed by atoms with Crippen LogP contribution in [0, 0.1) is 0 Å². The van der Waals surface area contributed by atoms with Crippen LogP contribution >= 0.6 is 15.9 Å². The summed E-state index contributed by atoms with van der Waals surface area (Å²) < 4.78 is 35.3. The molecule has 1 atom stereocenters. The zero-order chi connectivity index (χ0) is 22.0. The number of hydrogen-bond donors (Lipinski definition) is 1. The van der Waals surface area contributed by atoms with E-state index in [1.807, 2.05) is 13.0 Å². The molecule has 2 heterocycles. The SMILES string of the molecule is C[C@H]1COCCN1C(=O)C1=C(NS(=O)(=O)c2cccc3nccnc23)C=C(Br)C=CC1. The maximum Gasteiger partial charge on any atom is 0.264 e. The van der Waals surface area contributed by atoms with E-state index in [4.69, 9.17) is 4.74 Å². The first kappa shape index (κ1) is 21.7. The number of carbonyl (C=O) groups excluding carboxylic acids is 1. The van der Waals surface area contributed by atoms with Crippen LogP contribution in [0.2, 0.25) is 0 Å². The summed E-state index contributed by atoms with van der Waals surface area (Å²) in [5.74, 6) is -0.214. The summed E-state index contributed by atoms with van der Waals surface area (Å²) >= 11 is 3.40. The fraction of sp³-hybridized carbons (Fsp3) is 0.286. The fourth-order valence-corrected chi connectivity index (χ4v) is 5.22. The van der Waals surface area contributed by atoms with Crippen molar-refractivity contribution in [3.63, 3.8) is 0 Å². The van der Waals surface area contributed by atoms with Crippen molar-refractivity contribution in [1.29, 1.82) is 0 Å². The van der Waals surface area contributed by atoms with E-state index >= 15 is 0 Å². The van der Waals surface area contributed by atoms with Crippen molar-refractivity contribution < 1.29 is 17.9 Å². The van der Waals surface area contributed by atoms with Crippen LogP contribution in [0.1, 0.15) is 13.3 Å². The summed E-state index contributed by atoms with van der Waals surface area (Å²) in [5.41, 5.74) is 1.33. The highest BCUT2D eigenvalue weighted by Crippen LogP contribution is 2.26. The molecular formula is C21H21BrN4O4S. The second-order valence-electron chi connectivity index (χ2n) is 7.24. The van der Waals surface area contributed by atoms with Gasteiger partial charge in [-0.2, -0.15) is 0 Å². The van der Waals surface area contributed by atoms with Crippen molar-refractivity contribution in [2.24, 2.45) is 0 Å². The van der Waals surface area contributed by atoms with Crippen LogP contribution in [0.4, 0.5) is 0 Å². The molecule has 1 fully saturated rings. The molecule has 1 aromatic carbocycles. The van der Waals surface area contributed by atoms with Crippen LogP contribution in [0.15, 0.2) is 69.5 Å². The Hall–Kier alpha value is -2.56. The number of para-hydroxylation sites is 1. The molecule has 1 aromatic heterocycles. The molecule has 2 aromatic rings. The summed E-state index contributed by atoms with van der Waals surface area (Å²) in [6.07, 6.45) is 8.47. The van der Waals surface area contributed by atoms with Crippen LogP contribution in [0.5, 0.6) is 0 Å². The number of morpholine rings is 1. The standard InChI is InChI=1S/C21H21BrN4O4S/c1-14-13-30-11-10-26(14)21(27)16-5-2-4-15(22)12-18(16)25-31(28,29)19-7-3-6-17-20(19)24-9-8-23-17/h2-4,6-9,12,14,25H,5,10-11,13H2,1H3/t14-/m0/s1. The number of halogens is 1. The van der Waals surface area contributed by atoms with Crippen molar-refractivity contribution in [1.82, 2.24) is 19.6 Å². The minimum atomic E-state index is -4.04. The molecule has 162 valence electrons. The Morgan fingerprint density at radius 2 is 2.10 bits per heavy atom. The van der Waals surface area contributed by atoms with Crippen LogP contribution in [-0.4, -0.2) is 55.0 Å². The number of hydrogen-bond acceptors (Lipinski definition) is 6. The molecule has 0 unspecified atom stereocenters. The molecule has 0 spiro atoms. The van der Waals surface area contributed by atoms with Gasteiger partial charge in [-0.1, -0.05) is 34.1 Å². The highest BCUT2D eigenvalue weighted by Gasteiger charge is 2.29. The van der Waals surface area contributed by atoms with Gasteiger partial charge in [0.15, 0.2) is 0 Å². The van der Waals surface area contributed by atoms with Crippen LogP contribution in [-0.2, 0) is 19.6 Å². The fourth-order valence-electron chi connectivity index (χ4n) is 3.55. The predicted octanol–water partition coefficient (Wildman–Crippen LogP) is 2.65. The highest BCUT2D eigenvalue weighted by atomic mass is 79.9. The first-order valence-electron chi connectivity index (χ1n) is 9.75. The average molecular weight is 505 g/mol. The van der Waals surface area contributed by atoms with E-state index in [1.54, 1.807) is 29.2 Å². The van der Waals surface area contributed by atoms with E-state index in [1.165, 1.54) is 18.5 Å². The van der Waals surface area contributed by atoms with Gasteiger partial charge in [-0.3, -0.25) is 19.5 Å². The number of carbonyl (C=O) groups is 1. The third-order valence-electron chi connectivity index (χ3n) is 5.09. The first-order valence-corrected chi connectivity index (χ1v) is 12.0. The monoisotopic (exact) mass is 504 g/mol. The molecule has 1 N–H and O–H groups in total. The minimum absolute atomic E-state index is 0.00105. The molecule has 0 bridgehead atoms. The predicted molar refractivity (Wildman–Crippen MR) is 120 cm³/mol. The van der Waals surface area contributed by atoms with Gasteiger partial charge in [-0.15, -0.1) is 0 Å². The Bertz CT molecular complexity index is 1220. The van der Waals surface area contributed by atoms with Gasteiger partial charge in [0.2, 0.25) is 0 Å². The third-order valence-corrected chi connectivity index (χ3v) is 6.98. The van der Waals surface area contributed by atoms with Crippen molar-refractivity contribution in [3.05, 3.63) is 64.6 Å². The number of aromatic nitrogens is 2. The molecule has 2 aliphatic rings. The van der Waals surface area contributed by atoms with Gasteiger partial charge in [0.1, 0.15) is 10.4 Å². The van der Waals surface area contributed by atoms with E-state index in [-0.39, 0.29) is 28.1 Å². The summed E-state index contributed by atoms with van der Waals surface area (Å²) in [7, 11) is -4.04. The Balaban J connectivity index is 1.76. The quantitative estimate of drug-likeness (QED) is 0.686. The first-order chi connectivity index (χ1) is 14.9. The normalized spacial score (nSPS) is 19.9. The number of sulfonamides is 1. The number of nitrogens with zero attached hydrogens (tertiary/aromatic N) is 3. The lowest BCUT2D eigenvalue weighted by molar-refractivity contribution is -0.135. The summed E-state index contributed by atoms with van der Waals surface area (Å²) in [6.45, 7) is 3.27. The zero-order valence-corrected chi connectivity index (χ0v) is 19.2. The van der Waals surface area contributed by atoms with E-state index in [2.05, 4.69) is 30.6 Å². The lowest BCUT2D eigenvalue weighted by atomic mass is 10.1. The molecule has 0 saturated carbocycles. The van der Waals surface area contributed by atoms with Crippen molar-refractivity contribution in [2.75, 3.05) is 19.8 Å². The second-order valence-corrected chi connectivity index (χ2v) is 9.80. The Morgan fingerprint density at radius 1 is 1.29 bits per heavy atom. The van der Waals surface area contributed by atoms with Gasteiger partial charge < -0.3 is 9.64 Å². The van der Waals surface area contributed by atoms with Gasteiger partial charge in [0, 0.05) is 29.0 Å². The lowest BCUT2D eigenvalue weighted by Gasteiger charge is -2.34. The van der Waals surface area contributed by atoms with Gasteiger partial charge in [0.25, 0.3) is 15.9 Å². The van der Waals surface area contributed by atoms with Gasteiger partial charge in [-0.25, -0.2) is 8.42 Å². The summed E-state index contributed by atoms with van der Waals surface area (Å²) in [6, 6.07) is 4.68. The Labute approximate surface area is 188 Å². The Kier molecular flexibility index (Phi) is 6.22. The Morgan fingerprint density at radius 3 is 2.90 bits per heavy atom. The molecular weight excluding hydrogens is 484 g/mol. The minimum Gasteiger partial charge on any atom is -0.377 e. The molecule has 0 radical (unpaired) electrons. The number of allylic oxidation sites excluding steroid dienone is 4. The lowest BCUT2D eigenvalue weighted by Crippen LogP contribution is -2.48. The molecule has 1 amide bonds. The maximum atomic E-state index is 13.3. The third kappa shape index (κ3) is 4.56. The van der Waals surface area contributed by atoms with Gasteiger partial charge in [0.05, 0.1) is 30.5 Å². The second kappa shape index (κ2) is 8.89. The van der Waals surface area contributed by atoms with Gasteiger partial charge in [-0.05, 0) is 31.6 Å². The number of fused-ring (bicyclic) bond motifs is 1. The maximum absolute atomic E-state index is 13.3. The summed E-state index contributed by atoms with van der Waals surface area (Å²) in [5, 5.41) is 0. The van der Waals surface area contributed by atoms with Crippen LogP contribution < -0.4 is 4.72 Å². The highest BCUT2D eigenvalue weighted by molar-refractivity contribution is 9.11.